The normalized spacial score (nSPS) is 13.4. The number of carbonyl (C=O) groups excluding carboxylic acids is 1. The highest BCUT2D eigenvalue weighted by molar-refractivity contribution is 8.00. The monoisotopic (exact) mass is 390 g/mol. The third kappa shape index (κ3) is 7.23. The van der Waals surface area contributed by atoms with E-state index in [4.69, 9.17) is 0 Å². The Kier molecular flexibility index (Phi) is 7.74. The Morgan fingerprint density at radius 2 is 1.84 bits per heavy atom. The second kappa shape index (κ2) is 8.89. The summed E-state index contributed by atoms with van der Waals surface area (Å²) in [6.07, 6.45) is 1.35. The van der Waals surface area contributed by atoms with Crippen molar-refractivity contribution < 1.29 is 17.6 Å². The molecule has 0 radical (unpaired) electrons. The van der Waals surface area contributed by atoms with Crippen LogP contribution in [0, 0.1) is 5.82 Å². The molecule has 0 saturated heterocycles. The second-order valence-corrected chi connectivity index (χ2v) is 10.5. The lowest BCUT2D eigenvalue weighted by Crippen LogP contribution is -2.49. The number of nitrogens with zero attached hydrogens (tertiary/aromatic N) is 1. The van der Waals surface area contributed by atoms with Gasteiger partial charge in [-0.05, 0) is 30.7 Å². The Bertz CT molecular complexity index is 670. The molecule has 1 atom stereocenters. The minimum Gasteiger partial charge on any atom is -0.353 e. The number of carbonyl (C=O) groups is 1. The van der Waals surface area contributed by atoms with Crippen molar-refractivity contribution in [3.8, 4) is 0 Å². The summed E-state index contributed by atoms with van der Waals surface area (Å²) in [5, 5.41) is 2.80. The summed E-state index contributed by atoms with van der Waals surface area (Å²) in [4.78, 5) is 12.5. The van der Waals surface area contributed by atoms with Gasteiger partial charge in [0.1, 0.15) is 11.9 Å². The van der Waals surface area contributed by atoms with Crippen LogP contribution in [0.3, 0.4) is 0 Å². The molecule has 0 saturated carbocycles. The van der Waals surface area contributed by atoms with Crippen molar-refractivity contribution in [1.29, 1.82) is 0 Å². The first-order chi connectivity index (χ1) is 11.5. The molecule has 1 N–H and O–H groups in total. The molecule has 25 heavy (non-hydrogen) atoms. The van der Waals surface area contributed by atoms with Gasteiger partial charge in [-0.2, -0.15) is 11.8 Å². The molecule has 1 amide bonds. The molecule has 1 aromatic rings. The topological polar surface area (TPSA) is 66.5 Å². The highest BCUT2D eigenvalue weighted by Crippen LogP contribution is 2.24. The number of halogens is 1. The fourth-order valence-electron chi connectivity index (χ4n) is 2.30. The van der Waals surface area contributed by atoms with Crippen molar-refractivity contribution in [2.45, 2.75) is 44.9 Å². The number of sulfonamides is 1. The van der Waals surface area contributed by atoms with E-state index in [9.17, 15) is 17.6 Å². The molecule has 0 fully saturated rings. The summed E-state index contributed by atoms with van der Waals surface area (Å²) in [6.45, 7) is 8.48. The number of rotatable bonds is 8. The summed E-state index contributed by atoms with van der Waals surface area (Å²) in [6, 6.07) is 4.21. The van der Waals surface area contributed by atoms with Crippen LogP contribution in [0.4, 0.5) is 10.1 Å². The molecule has 0 aromatic heterocycles. The van der Waals surface area contributed by atoms with Gasteiger partial charge in [0, 0.05) is 17.0 Å². The lowest BCUT2D eigenvalue weighted by Gasteiger charge is -2.30. The van der Waals surface area contributed by atoms with Gasteiger partial charge in [0.25, 0.3) is 0 Å². The Balaban J connectivity index is 2.91. The maximum atomic E-state index is 13.1. The van der Waals surface area contributed by atoms with Gasteiger partial charge in [0.05, 0.1) is 11.9 Å². The van der Waals surface area contributed by atoms with Crippen molar-refractivity contribution in [3.63, 3.8) is 0 Å². The zero-order chi connectivity index (χ0) is 19.3. The first-order valence-electron chi connectivity index (χ1n) is 8.12. The van der Waals surface area contributed by atoms with Crippen LogP contribution in [0.25, 0.3) is 0 Å². The first-order valence-corrected chi connectivity index (χ1v) is 11.0. The molecule has 8 heteroatoms. The van der Waals surface area contributed by atoms with E-state index >= 15 is 0 Å². The standard InChI is InChI=1S/C17H27FN2O3S2/c1-6-15(16(21)19-11-12-24-17(2,3)4)20(25(5,22)23)14-9-7-13(18)8-10-14/h7-10,15H,6,11-12H2,1-5H3,(H,19,21). The fourth-order valence-corrected chi connectivity index (χ4v) is 4.33. The van der Waals surface area contributed by atoms with Crippen LogP contribution in [-0.2, 0) is 14.8 Å². The van der Waals surface area contributed by atoms with Gasteiger partial charge in [0.15, 0.2) is 0 Å². The van der Waals surface area contributed by atoms with Crippen LogP contribution in [-0.4, -0.2) is 43.7 Å². The number of nitrogens with one attached hydrogen (secondary N) is 1. The molecule has 1 rings (SSSR count). The van der Waals surface area contributed by atoms with Crippen molar-refractivity contribution in [3.05, 3.63) is 30.1 Å². The molecule has 0 spiro atoms. The fraction of sp³-hybridized carbons (Fsp3) is 0.588. The zero-order valence-electron chi connectivity index (χ0n) is 15.4. The maximum Gasteiger partial charge on any atom is 0.243 e. The minimum absolute atomic E-state index is 0.0990. The average Bonchev–Trinajstić information content (AvgIpc) is 2.48. The van der Waals surface area contributed by atoms with Crippen LogP contribution < -0.4 is 9.62 Å². The Morgan fingerprint density at radius 1 is 1.28 bits per heavy atom. The number of hydrogen-bond acceptors (Lipinski definition) is 4. The van der Waals surface area contributed by atoms with Crippen molar-refractivity contribution in [2.24, 2.45) is 0 Å². The number of anilines is 1. The van der Waals surface area contributed by atoms with Crippen LogP contribution >= 0.6 is 11.8 Å². The quantitative estimate of drug-likeness (QED) is 0.693. The van der Waals surface area contributed by atoms with E-state index in [1.807, 2.05) is 0 Å². The van der Waals surface area contributed by atoms with Crippen LogP contribution in [0.1, 0.15) is 34.1 Å². The summed E-state index contributed by atoms with van der Waals surface area (Å²) < 4.78 is 38.8. The number of hydrogen-bond donors (Lipinski definition) is 1. The molecule has 0 aliphatic carbocycles. The summed E-state index contributed by atoms with van der Waals surface area (Å²) in [5.41, 5.74) is 0.273. The molecule has 0 bridgehead atoms. The van der Waals surface area contributed by atoms with E-state index in [1.165, 1.54) is 24.3 Å². The Hall–Kier alpha value is -1.28. The summed E-state index contributed by atoms with van der Waals surface area (Å²) in [5.74, 6) is -0.0816. The molecular formula is C17H27FN2O3S2. The molecule has 0 aliphatic rings. The van der Waals surface area contributed by atoms with Crippen molar-refractivity contribution in [1.82, 2.24) is 5.32 Å². The molecule has 0 aliphatic heterocycles. The third-order valence-electron chi connectivity index (χ3n) is 3.35. The Labute approximate surface area is 154 Å². The molecular weight excluding hydrogens is 363 g/mol. The van der Waals surface area contributed by atoms with Gasteiger partial charge >= 0.3 is 0 Å². The van der Waals surface area contributed by atoms with E-state index in [0.29, 0.717) is 13.0 Å². The highest BCUT2D eigenvalue weighted by Gasteiger charge is 2.31. The molecule has 1 unspecified atom stereocenters. The van der Waals surface area contributed by atoms with Crippen molar-refractivity contribution in [2.75, 3.05) is 22.9 Å². The SMILES string of the molecule is CCC(C(=O)NCCSC(C)(C)C)N(c1ccc(F)cc1)S(C)(=O)=O. The molecule has 1 aromatic carbocycles. The van der Waals surface area contributed by atoms with Crippen LogP contribution in [0.5, 0.6) is 0 Å². The maximum absolute atomic E-state index is 13.1. The first kappa shape index (κ1) is 21.8. The Morgan fingerprint density at radius 3 is 2.28 bits per heavy atom. The van der Waals surface area contributed by atoms with E-state index in [-0.39, 0.29) is 16.3 Å². The van der Waals surface area contributed by atoms with Crippen molar-refractivity contribution >= 4 is 33.4 Å². The van der Waals surface area contributed by atoms with Gasteiger partial charge in [-0.15, -0.1) is 0 Å². The summed E-state index contributed by atoms with van der Waals surface area (Å²) in [7, 11) is -3.70. The smallest absolute Gasteiger partial charge is 0.243 e. The van der Waals surface area contributed by atoms with E-state index in [2.05, 4.69) is 26.1 Å². The van der Waals surface area contributed by atoms with Gasteiger partial charge in [-0.1, -0.05) is 27.7 Å². The van der Waals surface area contributed by atoms with E-state index in [0.717, 1.165) is 16.3 Å². The predicted molar refractivity (Wildman–Crippen MR) is 103 cm³/mol. The second-order valence-electron chi connectivity index (χ2n) is 6.71. The molecule has 5 nitrogen and oxygen atoms in total. The number of thioether (sulfide) groups is 1. The number of benzene rings is 1. The van der Waals surface area contributed by atoms with Crippen LogP contribution in [0.15, 0.2) is 24.3 Å². The van der Waals surface area contributed by atoms with Gasteiger partial charge < -0.3 is 5.32 Å². The lowest BCUT2D eigenvalue weighted by molar-refractivity contribution is -0.122. The van der Waals surface area contributed by atoms with Gasteiger partial charge in [0.2, 0.25) is 15.9 Å². The van der Waals surface area contributed by atoms with Crippen LogP contribution in [0.2, 0.25) is 0 Å². The number of amides is 1. The predicted octanol–water partition coefficient (Wildman–Crippen LogP) is 3.02. The van der Waals surface area contributed by atoms with E-state index in [1.54, 1.807) is 18.7 Å². The molecule has 142 valence electrons. The lowest BCUT2D eigenvalue weighted by atomic mass is 10.2. The van der Waals surface area contributed by atoms with Gasteiger partial charge in [-0.3, -0.25) is 9.10 Å². The summed E-state index contributed by atoms with van der Waals surface area (Å²) >= 11 is 1.72. The third-order valence-corrected chi connectivity index (χ3v) is 5.80. The zero-order valence-corrected chi connectivity index (χ0v) is 17.0. The van der Waals surface area contributed by atoms with Gasteiger partial charge in [-0.25, -0.2) is 12.8 Å². The van der Waals surface area contributed by atoms with E-state index < -0.39 is 21.9 Å². The minimum atomic E-state index is -3.70. The largest absolute Gasteiger partial charge is 0.353 e. The average molecular weight is 391 g/mol. The highest BCUT2D eigenvalue weighted by atomic mass is 32.2. The molecule has 0 heterocycles.